The Balaban J connectivity index is 0.00000243. The first-order valence-corrected chi connectivity index (χ1v) is 8.63. The van der Waals surface area contributed by atoms with Crippen molar-refractivity contribution >= 4 is 35.8 Å². The highest BCUT2D eigenvalue weighted by molar-refractivity contribution is 8.00. The summed E-state index contributed by atoms with van der Waals surface area (Å²) in [5.74, 6) is 0.964. The fourth-order valence-electron chi connectivity index (χ4n) is 2.42. The number of aromatic nitrogens is 4. The highest BCUT2D eigenvalue weighted by Gasteiger charge is 2.30. The number of hydrogen-bond donors (Lipinski definition) is 0. The first kappa shape index (κ1) is 20.7. The summed E-state index contributed by atoms with van der Waals surface area (Å²) >= 11 is 5.76. The molecule has 0 aliphatic heterocycles. The first-order chi connectivity index (χ1) is 11.9. The number of aryl methyl sites for hydroxylation is 1. The van der Waals surface area contributed by atoms with E-state index in [1.54, 1.807) is 23.2 Å². The van der Waals surface area contributed by atoms with Gasteiger partial charge in [0.2, 0.25) is 0 Å². The first-order valence-electron chi connectivity index (χ1n) is 7.44. The second-order valence-electron chi connectivity index (χ2n) is 5.26. The quantitative estimate of drug-likeness (QED) is 0.518. The minimum Gasteiger partial charge on any atom is -0.329 e. The molecule has 2 aromatic heterocycles. The Bertz CT molecular complexity index is 877. The predicted octanol–water partition coefficient (Wildman–Crippen LogP) is 5.37. The molecule has 0 aliphatic carbocycles. The number of nitrogens with zero attached hydrogens (tertiary/aromatic N) is 4. The van der Waals surface area contributed by atoms with Crippen LogP contribution in [0.1, 0.15) is 18.4 Å². The van der Waals surface area contributed by atoms with Crippen molar-refractivity contribution in [3.05, 3.63) is 59.7 Å². The number of benzene rings is 1. The lowest BCUT2D eigenvalue weighted by atomic mass is 10.3. The van der Waals surface area contributed by atoms with Crippen molar-refractivity contribution in [2.45, 2.75) is 30.3 Å². The minimum absolute atomic E-state index is 0. The SMILES string of the molecule is CCc1nccn1Cc1cn(-c2ccc(SC(F)(F)F)c(Cl)c2)cn1.Cl. The topological polar surface area (TPSA) is 35.6 Å². The van der Waals surface area contributed by atoms with Crippen molar-refractivity contribution in [3.8, 4) is 5.69 Å². The summed E-state index contributed by atoms with van der Waals surface area (Å²) in [6, 6.07) is 4.44. The monoisotopic (exact) mass is 422 g/mol. The largest absolute Gasteiger partial charge is 0.446 e. The van der Waals surface area contributed by atoms with Crippen molar-refractivity contribution in [1.29, 1.82) is 0 Å². The van der Waals surface area contributed by atoms with E-state index in [0.717, 1.165) is 17.9 Å². The average Bonchev–Trinajstić information content (AvgIpc) is 3.17. The molecular weight excluding hydrogens is 408 g/mol. The Morgan fingerprint density at radius 1 is 1.23 bits per heavy atom. The zero-order chi connectivity index (χ0) is 18.0. The summed E-state index contributed by atoms with van der Waals surface area (Å²) in [7, 11) is 0. The highest BCUT2D eigenvalue weighted by Crippen LogP contribution is 2.40. The molecule has 1 aromatic carbocycles. The van der Waals surface area contributed by atoms with Gasteiger partial charge in [0.15, 0.2) is 0 Å². The molecule has 26 heavy (non-hydrogen) atoms. The van der Waals surface area contributed by atoms with Crippen LogP contribution in [0.25, 0.3) is 5.69 Å². The van der Waals surface area contributed by atoms with Crippen molar-refractivity contribution in [3.63, 3.8) is 0 Å². The number of thioether (sulfide) groups is 1. The highest BCUT2D eigenvalue weighted by atomic mass is 35.5. The van der Waals surface area contributed by atoms with Crippen molar-refractivity contribution in [2.24, 2.45) is 0 Å². The maximum atomic E-state index is 12.5. The number of imidazole rings is 2. The van der Waals surface area contributed by atoms with Crippen LogP contribution < -0.4 is 0 Å². The van der Waals surface area contributed by atoms with Crippen LogP contribution in [0.5, 0.6) is 0 Å². The molecule has 0 saturated carbocycles. The van der Waals surface area contributed by atoms with E-state index in [0.29, 0.717) is 12.2 Å². The van der Waals surface area contributed by atoms with E-state index in [9.17, 15) is 13.2 Å². The molecule has 0 bridgehead atoms. The van der Waals surface area contributed by atoms with E-state index < -0.39 is 5.51 Å². The van der Waals surface area contributed by atoms with E-state index in [4.69, 9.17) is 11.6 Å². The zero-order valence-electron chi connectivity index (χ0n) is 13.6. The van der Waals surface area contributed by atoms with Gasteiger partial charge in [-0.25, -0.2) is 9.97 Å². The van der Waals surface area contributed by atoms with Crippen molar-refractivity contribution in [2.75, 3.05) is 0 Å². The predicted molar refractivity (Wildman–Crippen MR) is 98.4 cm³/mol. The van der Waals surface area contributed by atoms with E-state index >= 15 is 0 Å². The van der Waals surface area contributed by atoms with Crippen LogP contribution in [0, 0.1) is 0 Å². The van der Waals surface area contributed by atoms with Gasteiger partial charge in [-0.1, -0.05) is 18.5 Å². The average molecular weight is 423 g/mol. The molecule has 0 aliphatic rings. The number of hydrogen-bond acceptors (Lipinski definition) is 3. The van der Waals surface area contributed by atoms with Crippen LogP contribution in [0.3, 0.4) is 0 Å². The molecule has 3 aromatic rings. The van der Waals surface area contributed by atoms with Gasteiger partial charge in [0.1, 0.15) is 5.82 Å². The van der Waals surface area contributed by atoms with E-state index in [-0.39, 0.29) is 34.1 Å². The van der Waals surface area contributed by atoms with Gasteiger partial charge in [0.05, 0.1) is 23.6 Å². The maximum absolute atomic E-state index is 12.5. The van der Waals surface area contributed by atoms with Crippen molar-refractivity contribution in [1.82, 2.24) is 19.1 Å². The molecule has 10 heteroatoms. The molecule has 0 fully saturated rings. The fourth-order valence-corrected chi connectivity index (χ4v) is 3.25. The summed E-state index contributed by atoms with van der Waals surface area (Å²) in [4.78, 5) is 8.58. The maximum Gasteiger partial charge on any atom is 0.446 e. The molecule has 0 radical (unpaired) electrons. The van der Waals surface area contributed by atoms with Gasteiger partial charge in [0.25, 0.3) is 0 Å². The molecule has 0 atom stereocenters. The van der Waals surface area contributed by atoms with E-state index in [1.807, 2.05) is 23.9 Å². The van der Waals surface area contributed by atoms with Crippen LogP contribution in [0.4, 0.5) is 13.2 Å². The second-order valence-corrected chi connectivity index (χ2v) is 6.77. The number of halogens is 5. The summed E-state index contributed by atoms with van der Waals surface area (Å²) in [6.07, 6.45) is 7.88. The van der Waals surface area contributed by atoms with Gasteiger partial charge in [-0.05, 0) is 30.0 Å². The third-order valence-electron chi connectivity index (χ3n) is 3.53. The standard InChI is InChI=1S/C16H14ClF3N4S.ClH/c1-2-15-21-5-6-23(15)8-11-9-24(10-22-11)12-3-4-14(13(17)7-12)25-16(18,19)20;/h3-7,9-10H,2,8H2,1H3;1H. The molecule has 0 unspecified atom stereocenters. The summed E-state index contributed by atoms with van der Waals surface area (Å²) in [6.45, 7) is 2.60. The Morgan fingerprint density at radius 3 is 2.65 bits per heavy atom. The zero-order valence-corrected chi connectivity index (χ0v) is 16.0. The van der Waals surface area contributed by atoms with Crippen LogP contribution in [0.15, 0.2) is 48.0 Å². The molecule has 0 N–H and O–H groups in total. The minimum atomic E-state index is -4.37. The van der Waals surface area contributed by atoms with Crippen LogP contribution in [0.2, 0.25) is 5.02 Å². The Kier molecular flexibility index (Phi) is 6.65. The molecule has 3 rings (SSSR count). The Labute approximate surface area is 163 Å². The number of alkyl halides is 3. The van der Waals surface area contributed by atoms with Gasteiger partial charge in [-0.15, -0.1) is 12.4 Å². The fraction of sp³-hybridized carbons (Fsp3) is 0.250. The summed E-state index contributed by atoms with van der Waals surface area (Å²) in [5, 5.41) is 0.0537. The smallest absolute Gasteiger partial charge is 0.329 e. The van der Waals surface area contributed by atoms with Gasteiger partial charge in [0, 0.05) is 35.6 Å². The van der Waals surface area contributed by atoms with Crippen LogP contribution in [-0.4, -0.2) is 24.6 Å². The molecule has 4 nitrogen and oxygen atoms in total. The summed E-state index contributed by atoms with van der Waals surface area (Å²) in [5.41, 5.74) is -2.90. The van der Waals surface area contributed by atoms with Crippen LogP contribution >= 0.6 is 35.8 Å². The summed E-state index contributed by atoms with van der Waals surface area (Å²) < 4.78 is 41.1. The molecule has 0 spiro atoms. The number of rotatable bonds is 5. The molecule has 0 saturated heterocycles. The molecule has 0 amide bonds. The van der Waals surface area contributed by atoms with Gasteiger partial charge in [-0.3, -0.25) is 0 Å². The third-order valence-corrected chi connectivity index (χ3v) is 4.76. The second kappa shape index (κ2) is 8.37. The molecule has 140 valence electrons. The lowest BCUT2D eigenvalue weighted by molar-refractivity contribution is -0.0328. The Hall–Kier alpha value is -1.64. The van der Waals surface area contributed by atoms with Crippen LogP contribution in [-0.2, 0) is 13.0 Å². The molecular formula is C16H15Cl2F3N4S. The Morgan fingerprint density at radius 2 is 2.00 bits per heavy atom. The van der Waals surface area contributed by atoms with E-state index in [2.05, 4.69) is 9.97 Å². The van der Waals surface area contributed by atoms with E-state index in [1.165, 1.54) is 12.1 Å². The van der Waals surface area contributed by atoms with Gasteiger partial charge in [-0.2, -0.15) is 13.2 Å². The lowest BCUT2D eigenvalue weighted by Crippen LogP contribution is -2.03. The molecule has 2 heterocycles. The lowest BCUT2D eigenvalue weighted by Gasteiger charge is -2.09. The van der Waals surface area contributed by atoms with Gasteiger partial charge >= 0.3 is 5.51 Å². The van der Waals surface area contributed by atoms with Crippen molar-refractivity contribution < 1.29 is 13.2 Å². The third kappa shape index (κ3) is 4.96. The normalized spacial score (nSPS) is 11.4. The van der Waals surface area contributed by atoms with Gasteiger partial charge < -0.3 is 9.13 Å².